The Morgan fingerprint density at radius 1 is 0.981 bits per heavy atom. The first-order valence-corrected chi connectivity index (χ1v) is 19.1. The number of allylic oxidation sites excluding steroid dienone is 5. The van der Waals surface area contributed by atoms with Crippen LogP contribution in [-0.2, 0) is 36.2 Å². The number of anilines is 1. The normalized spacial score (nSPS) is 17.8. The molecule has 52 heavy (non-hydrogen) atoms. The highest BCUT2D eigenvalue weighted by atomic mass is 32.2. The number of benzene rings is 2. The van der Waals surface area contributed by atoms with Crippen LogP contribution in [0.4, 0.5) is 5.69 Å². The largest absolute Gasteiger partial charge is 0.478 e. The lowest BCUT2D eigenvalue weighted by molar-refractivity contribution is -0.140. The van der Waals surface area contributed by atoms with E-state index >= 15 is 0 Å². The molecule has 2 aromatic carbocycles. The number of rotatable bonds is 11. The molecule has 7 N–H and O–H groups in total. The average molecular weight is 755 g/mol. The minimum absolute atomic E-state index is 0.000746. The van der Waals surface area contributed by atoms with Crippen LogP contribution in [0.5, 0.6) is 0 Å². The molecule has 0 bridgehead atoms. The van der Waals surface area contributed by atoms with E-state index < -0.39 is 59.6 Å². The van der Waals surface area contributed by atoms with Crippen molar-refractivity contribution in [2.45, 2.75) is 57.8 Å². The van der Waals surface area contributed by atoms with Gasteiger partial charge in [0.15, 0.2) is 0 Å². The molecular weight excluding hydrogens is 717 g/mol. The van der Waals surface area contributed by atoms with Gasteiger partial charge in [-0.1, -0.05) is 39.0 Å². The standard InChI is InChI=1S/C35H38N4O11S2/c1-35(2,3)25-17-28(40)39(33(25)42)14-6-4-5-13-38-32(41)18-7-8-21(24(15-18)34(43)44)29-19-9-11-26(36)30(51(45,46)47)22(19)16-23-20(29)10-12-27(37)31(23)52(48,49)50/h7-12,15,25,36H,4-6,13-14,16-17,37H2,1-3H3,(H,38,41)(H,43,44)(H,45,46,47)(H,48,49,50). The summed E-state index contributed by atoms with van der Waals surface area (Å²) in [6, 6.07) is 6.30. The third kappa shape index (κ3) is 7.34. The Hall–Kier alpha value is -4.97. The number of carbonyl (C=O) groups excluding carboxylic acids is 3. The van der Waals surface area contributed by atoms with Gasteiger partial charge in [0.05, 0.1) is 22.9 Å². The number of carboxylic acid groups (broad SMARTS) is 1. The number of likely N-dealkylation sites (tertiary alicyclic amines) is 1. The van der Waals surface area contributed by atoms with E-state index in [1.165, 1.54) is 35.2 Å². The summed E-state index contributed by atoms with van der Waals surface area (Å²) in [6.07, 6.45) is 3.73. The second-order valence-electron chi connectivity index (χ2n) is 13.9. The quantitative estimate of drug-likeness (QED) is 0.0832. The predicted octanol–water partition coefficient (Wildman–Crippen LogP) is 3.62. The monoisotopic (exact) mass is 754 g/mol. The van der Waals surface area contributed by atoms with Gasteiger partial charge in [-0.25, -0.2) is 4.79 Å². The number of fused-ring (bicyclic) bond motifs is 2. The summed E-state index contributed by atoms with van der Waals surface area (Å²) in [5, 5.41) is 21.2. The minimum Gasteiger partial charge on any atom is -0.478 e. The van der Waals surface area contributed by atoms with E-state index in [2.05, 4.69) is 5.32 Å². The van der Waals surface area contributed by atoms with Crippen LogP contribution in [0.2, 0.25) is 0 Å². The van der Waals surface area contributed by atoms with Crippen molar-refractivity contribution in [2.75, 3.05) is 18.8 Å². The summed E-state index contributed by atoms with van der Waals surface area (Å²) >= 11 is 0. The molecule has 17 heteroatoms. The molecule has 0 saturated carbocycles. The number of carboxylic acids is 1. The summed E-state index contributed by atoms with van der Waals surface area (Å²) < 4.78 is 70.1. The van der Waals surface area contributed by atoms with E-state index in [0.29, 0.717) is 19.3 Å². The highest BCUT2D eigenvalue weighted by Gasteiger charge is 2.44. The SMILES string of the molecule is CC(C)(C)C1CC(=O)N(CCCCCNC(=O)c2ccc(C3=C4C=CC(=N)C(S(=O)(=O)O)=C4Cc4c3ccc(N)c4S(=O)(=O)O)c(C(=O)O)c2)C1=O. The van der Waals surface area contributed by atoms with Gasteiger partial charge in [0.2, 0.25) is 11.8 Å². The van der Waals surface area contributed by atoms with Crippen molar-refractivity contribution >= 4 is 60.9 Å². The lowest BCUT2D eigenvalue weighted by Gasteiger charge is -2.30. The second-order valence-corrected chi connectivity index (χ2v) is 16.6. The van der Waals surface area contributed by atoms with Crippen molar-refractivity contribution in [3.8, 4) is 0 Å². The Labute approximate surface area is 300 Å². The Morgan fingerprint density at radius 2 is 1.65 bits per heavy atom. The zero-order valence-corrected chi connectivity index (χ0v) is 30.2. The van der Waals surface area contributed by atoms with Crippen LogP contribution < -0.4 is 11.1 Å². The number of aromatic carboxylic acids is 1. The number of nitrogens with zero attached hydrogens (tertiary/aromatic N) is 1. The molecular formula is C35H38N4O11S2. The van der Waals surface area contributed by atoms with Crippen molar-refractivity contribution in [3.05, 3.63) is 86.4 Å². The molecule has 1 atom stereocenters. The van der Waals surface area contributed by atoms with E-state index in [1.807, 2.05) is 20.8 Å². The van der Waals surface area contributed by atoms with Crippen molar-refractivity contribution in [2.24, 2.45) is 11.3 Å². The number of amides is 3. The van der Waals surface area contributed by atoms with Crippen LogP contribution in [0.3, 0.4) is 0 Å². The molecule has 1 unspecified atom stereocenters. The summed E-state index contributed by atoms with van der Waals surface area (Å²) in [7, 11) is -10.1. The third-order valence-corrected chi connectivity index (χ3v) is 11.4. The Balaban J connectivity index is 1.43. The van der Waals surface area contributed by atoms with Crippen LogP contribution in [0, 0.1) is 16.7 Å². The molecule has 1 heterocycles. The zero-order chi connectivity index (χ0) is 38.5. The molecule has 1 saturated heterocycles. The lowest BCUT2D eigenvalue weighted by atomic mass is 9.76. The zero-order valence-electron chi connectivity index (χ0n) is 28.5. The maximum atomic E-state index is 13.1. The van der Waals surface area contributed by atoms with Gasteiger partial charge in [0.25, 0.3) is 26.1 Å². The van der Waals surface area contributed by atoms with Crippen molar-refractivity contribution in [1.82, 2.24) is 10.2 Å². The van der Waals surface area contributed by atoms with Gasteiger partial charge in [0.1, 0.15) is 9.80 Å². The summed E-state index contributed by atoms with van der Waals surface area (Å²) in [6.45, 7) is 6.25. The minimum atomic E-state index is -5.06. The average Bonchev–Trinajstić information content (AvgIpc) is 3.32. The van der Waals surface area contributed by atoms with E-state index in [9.17, 15) is 50.2 Å². The van der Waals surface area contributed by atoms with Gasteiger partial charge in [-0.05, 0) is 82.4 Å². The molecule has 276 valence electrons. The van der Waals surface area contributed by atoms with Gasteiger partial charge < -0.3 is 16.2 Å². The predicted molar refractivity (Wildman–Crippen MR) is 190 cm³/mol. The summed E-state index contributed by atoms with van der Waals surface area (Å²) in [5.41, 5.74) is 3.84. The van der Waals surface area contributed by atoms with Crippen molar-refractivity contribution in [1.29, 1.82) is 5.41 Å². The number of nitrogens with one attached hydrogen (secondary N) is 2. The van der Waals surface area contributed by atoms with E-state index in [-0.39, 0.29) is 87.3 Å². The van der Waals surface area contributed by atoms with Gasteiger partial charge in [-0.3, -0.25) is 33.8 Å². The summed E-state index contributed by atoms with van der Waals surface area (Å²) in [4.78, 5) is 50.6. The Morgan fingerprint density at radius 3 is 2.25 bits per heavy atom. The third-order valence-electron chi connectivity index (χ3n) is 9.37. The first kappa shape index (κ1) is 38.3. The Bertz CT molecular complexity index is 2260. The Kier molecular flexibility index (Phi) is 10.2. The second kappa shape index (κ2) is 13.9. The molecule has 0 radical (unpaired) electrons. The topological polar surface area (TPSA) is 262 Å². The number of carbonyl (C=O) groups is 4. The maximum absolute atomic E-state index is 13.1. The lowest BCUT2D eigenvalue weighted by Crippen LogP contribution is -2.34. The molecule has 3 aliphatic rings. The molecule has 0 spiro atoms. The van der Waals surface area contributed by atoms with Crippen LogP contribution >= 0.6 is 0 Å². The fourth-order valence-electron chi connectivity index (χ4n) is 6.86. The highest BCUT2D eigenvalue weighted by Crippen LogP contribution is 2.46. The van der Waals surface area contributed by atoms with Crippen molar-refractivity contribution in [3.63, 3.8) is 0 Å². The van der Waals surface area contributed by atoms with Crippen LogP contribution in [0.15, 0.2) is 63.4 Å². The van der Waals surface area contributed by atoms with Crippen molar-refractivity contribution < 1.29 is 50.2 Å². The molecule has 1 aliphatic heterocycles. The molecule has 2 aromatic rings. The number of hydrogen-bond donors (Lipinski definition) is 6. The molecule has 15 nitrogen and oxygen atoms in total. The number of unbranched alkanes of at least 4 members (excludes halogenated alkanes) is 2. The fourth-order valence-corrected chi connectivity index (χ4v) is 8.55. The van der Waals surface area contributed by atoms with Gasteiger partial charge in [0, 0.05) is 31.5 Å². The van der Waals surface area contributed by atoms with Gasteiger partial charge >= 0.3 is 5.97 Å². The number of imide groups is 1. The first-order chi connectivity index (χ1) is 24.1. The van der Waals surface area contributed by atoms with Crippen LogP contribution in [0.1, 0.15) is 83.9 Å². The van der Waals surface area contributed by atoms with Crippen LogP contribution in [0.25, 0.3) is 5.57 Å². The maximum Gasteiger partial charge on any atom is 0.336 e. The molecule has 2 aliphatic carbocycles. The number of nitrogens with two attached hydrogens (primary N) is 1. The molecule has 0 aromatic heterocycles. The van der Waals surface area contributed by atoms with E-state index in [4.69, 9.17) is 11.1 Å². The molecule has 1 fully saturated rings. The molecule has 3 amide bonds. The highest BCUT2D eigenvalue weighted by molar-refractivity contribution is 7.91. The van der Waals surface area contributed by atoms with E-state index in [1.54, 1.807) is 0 Å². The summed E-state index contributed by atoms with van der Waals surface area (Å²) in [5.74, 6) is -2.82. The number of hydrogen-bond acceptors (Lipinski definition) is 10. The molecule has 5 rings (SSSR count). The number of nitrogen functional groups attached to an aromatic ring is 1. The van der Waals surface area contributed by atoms with E-state index in [0.717, 1.165) is 12.1 Å². The van der Waals surface area contributed by atoms with Gasteiger partial charge in [-0.2, -0.15) is 16.8 Å². The van der Waals surface area contributed by atoms with Crippen LogP contribution in [-0.4, -0.2) is 78.4 Å². The first-order valence-electron chi connectivity index (χ1n) is 16.2. The fraction of sp³-hybridized carbons (Fsp3) is 0.343. The van der Waals surface area contributed by atoms with Gasteiger partial charge in [-0.15, -0.1) is 0 Å². The smallest absolute Gasteiger partial charge is 0.336 e.